The predicted molar refractivity (Wildman–Crippen MR) is 113 cm³/mol. The second-order valence-corrected chi connectivity index (χ2v) is 7.40. The number of aryl methyl sites for hydroxylation is 1. The first-order chi connectivity index (χ1) is 15.5. The Hall–Kier alpha value is -3.47. The molecule has 0 saturated carbocycles. The third-order valence-corrected chi connectivity index (χ3v) is 5.47. The van der Waals surface area contributed by atoms with Gasteiger partial charge in [0.2, 0.25) is 5.91 Å². The van der Waals surface area contributed by atoms with E-state index in [4.69, 9.17) is 19.1 Å². The average molecular weight is 445 g/mol. The van der Waals surface area contributed by atoms with Gasteiger partial charge >= 0.3 is 0 Å². The molecule has 0 aromatic carbocycles. The van der Waals surface area contributed by atoms with Crippen LogP contribution >= 0.6 is 0 Å². The lowest BCUT2D eigenvalue weighted by Crippen LogP contribution is -2.52. The Morgan fingerprint density at radius 2 is 1.81 bits per heavy atom. The fraction of sp³-hybridized carbons (Fsp3) is 0.476. The number of oxazole rings is 1. The maximum atomic E-state index is 13.1. The van der Waals surface area contributed by atoms with E-state index in [1.165, 1.54) is 6.39 Å². The van der Waals surface area contributed by atoms with Gasteiger partial charge in [0.15, 0.2) is 12.1 Å². The number of aromatic nitrogens is 2. The van der Waals surface area contributed by atoms with E-state index < -0.39 is 0 Å². The molecule has 0 radical (unpaired) electrons. The zero-order chi connectivity index (χ0) is 22.9. The molecule has 2 aromatic rings. The van der Waals surface area contributed by atoms with Gasteiger partial charge < -0.3 is 29.0 Å². The van der Waals surface area contributed by atoms with E-state index in [1.54, 1.807) is 24.2 Å². The van der Waals surface area contributed by atoms with E-state index in [1.807, 2.05) is 17.0 Å². The van der Waals surface area contributed by atoms with Gasteiger partial charge in [-0.3, -0.25) is 19.4 Å². The summed E-state index contributed by atoms with van der Waals surface area (Å²) in [5.74, 6) is -0.0746. The number of nitrogens with zero attached hydrogens (tertiary/aromatic N) is 5. The van der Waals surface area contributed by atoms with Gasteiger partial charge in [-0.05, 0) is 19.1 Å². The third-order valence-electron chi connectivity index (χ3n) is 5.47. The Morgan fingerprint density at radius 1 is 1.12 bits per heavy atom. The Bertz CT molecular complexity index is 897. The number of hydrogen-bond acceptors (Lipinski definition) is 8. The molecule has 0 bridgehead atoms. The summed E-state index contributed by atoms with van der Waals surface area (Å²) in [6.45, 7) is 5.78. The molecule has 2 aliphatic rings. The molecule has 0 spiro atoms. The van der Waals surface area contributed by atoms with Crippen molar-refractivity contribution in [3.63, 3.8) is 0 Å². The Labute approximate surface area is 185 Å². The zero-order valence-electron chi connectivity index (χ0n) is 17.9. The van der Waals surface area contributed by atoms with Crippen LogP contribution in [0.2, 0.25) is 0 Å². The highest BCUT2D eigenvalue weighted by atomic mass is 16.5. The van der Waals surface area contributed by atoms with Crippen molar-refractivity contribution in [2.24, 2.45) is 5.92 Å². The largest absolute Gasteiger partial charge is 0.483 e. The van der Waals surface area contributed by atoms with Crippen molar-refractivity contribution in [3.8, 4) is 0 Å². The number of carboxylic acid groups (broad SMARTS) is 1. The summed E-state index contributed by atoms with van der Waals surface area (Å²) in [6, 6.07) is 3.96. The lowest BCUT2D eigenvalue weighted by atomic mass is 10.1. The van der Waals surface area contributed by atoms with Crippen LogP contribution in [0.5, 0.6) is 0 Å². The van der Waals surface area contributed by atoms with Crippen LogP contribution < -0.4 is 4.90 Å². The first-order valence-electron chi connectivity index (χ1n) is 10.3. The van der Waals surface area contributed by atoms with Crippen LogP contribution in [0, 0.1) is 12.8 Å². The highest BCUT2D eigenvalue weighted by molar-refractivity contribution is 5.93. The topological polar surface area (TPSA) is 129 Å². The monoisotopic (exact) mass is 445 g/mol. The van der Waals surface area contributed by atoms with Crippen molar-refractivity contribution in [1.29, 1.82) is 0 Å². The Kier molecular flexibility index (Phi) is 8.14. The summed E-state index contributed by atoms with van der Waals surface area (Å²) in [7, 11) is 0. The van der Waals surface area contributed by atoms with Gasteiger partial charge in [-0.1, -0.05) is 0 Å². The number of anilines is 1. The van der Waals surface area contributed by atoms with Crippen molar-refractivity contribution in [3.05, 3.63) is 42.4 Å². The SMILES string of the molecule is Cc1ocnc1C(=O)N1CCOCC(C(=O)N2CCN(c3ccncc3)CC2)C1.O=CO. The minimum absolute atomic E-state index is 0.0379. The van der Waals surface area contributed by atoms with E-state index in [9.17, 15) is 9.59 Å². The van der Waals surface area contributed by atoms with Gasteiger partial charge in [-0.25, -0.2) is 4.98 Å². The van der Waals surface area contributed by atoms with E-state index in [2.05, 4.69) is 14.9 Å². The number of carbonyl (C=O) groups is 3. The van der Waals surface area contributed by atoms with Crippen molar-refractivity contribution >= 4 is 24.0 Å². The lowest BCUT2D eigenvalue weighted by Gasteiger charge is -2.37. The van der Waals surface area contributed by atoms with Crippen LogP contribution in [0.1, 0.15) is 16.2 Å². The van der Waals surface area contributed by atoms with Crippen LogP contribution in [0.3, 0.4) is 0 Å². The van der Waals surface area contributed by atoms with Crippen LogP contribution in [0.25, 0.3) is 0 Å². The molecule has 11 heteroatoms. The van der Waals surface area contributed by atoms with Gasteiger partial charge in [0, 0.05) is 57.3 Å². The maximum Gasteiger partial charge on any atom is 0.290 e. The predicted octanol–water partition coefficient (Wildman–Crippen LogP) is 0.516. The smallest absolute Gasteiger partial charge is 0.290 e. The van der Waals surface area contributed by atoms with Crippen molar-refractivity contribution in [2.75, 3.05) is 57.4 Å². The number of rotatable bonds is 3. The fourth-order valence-electron chi connectivity index (χ4n) is 3.80. The number of ether oxygens (including phenoxy) is 1. The quantitative estimate of drug-likeness (QED) is 0.672. The van der Waals surface area contributed by atoms with Crippen molar-refractivity contribution in [2.45, 2.75) is 6.92 Å². The second kappa shape index (κ2) is 11.2. The van der Waals surface area contributed by atoms with Crippen LogP contribution in [-0.4, -0.2) is 95.6 Å². The van der Waals surface area contributed by atoms with E-state index >= 15 is 0 Å². The average Bonchev–Trinajstić information content (AvgIpc) is 3.10. The highest BCUT2D eigenvalue weighted by Crippen LogP contribution is 2.18. The Morgan fingerprint density at radius 3 is 2.44 bits per heavy atom. The molecule has 2 saturated heterocycles. The van der Waals surface area contributed by atoms with E-state index in [-0.39, 0.29) is 24.2 Å². The molecular weight excluding hydrogens is 418 g/mol. The second-order valence-electron chi connectivity index (χ2n) is 7.40. The molecule has 2 fully saturated rings. The molecule has 1 N–H and O–H groups in total. The van der Waals surface area contributed by atoms with Crippen LogP contribution in [0.15, 0.2) is 35.3 Å². The van der Waals surface area contributed by atoms with Gasteiger partial charge in [-0.15, -0.1) is 0 Å². The first-order valence-corrected chi connectivity index (χ1v) is 10.3. The zero-order valence-corrected chi connectivity index (χ0v) is 17.9. The first kappa shape index (κ1) is 23.2. The number of hydrogen-bond donors (Lipinski definition) is 1. The molecule has 1 atom stereocenters. The highest BCUT2D eigenvalue weighted by Gasteiger charge is 2.33. The number of piperazine rings is 1. The molecule has 172 valence electrons. The maximum absolute atomic E-state index is 13.1. The van der Waals surface area contributed by atoms with Crippen molar-refractivity contribution < 1.29 is 28.6 Å². The summed E-state index contributed by atoms with van der Waals surface area (Å²) >= 11 is 0. The van der Waals surface area contributed by atoms with Gasteiger partial charge in [0.05, 0.1) is 19.1 Å². The molecule has 2 aliphatic heterocycles. The third kappa shape index (κ3) is 5.61. The summed E-state index contributed by atoms with van der Waals surface area (Å²) < 4.78 is 10.8. The standard InChI is InChI=1S/C20H25N5O4.CH2O2/c1-15-18(22-14-29-15)20(27)25-10-11-28-13-16(12-25)19(26)24-8-6-23(7-9-24)17-2-4-21-5-3-17;2-1-3/h2-5,14,16H,6-13H2,1H3;1H,(H,2,3). The molecule has 4 rings (SSSR count). The van der Waals surface area contributed by atoms with Gasteiger partial charge in [0.1, 0.15) is 5.76 Å². The molecule has 32 heavy (non-hydrogen) atoms. The molecule has 1 unspecified atom stereocenters. The molecular formula is C21H27N5O6. The minimum atomic E-state index is -0.374. The van der Waals surface area contributed by atoms with E-state index in [0.717, 1.165) is 18.8 Å². The van der Waals surface area contributed by atoms with Gasteiger partial charge in [-0.2, -0.15) is 0 Å². The summed E-state index contributed by atoms with van der Waals surface area (Å²) in [5.41, 5.74) is 1.41. The van der Waals surface area contributed by atoms with Gasteiger partial charge in [0.25, 0.3) is 12.4 Å². The summed E-state index contributed by atoms with van der Waals surface area (Å²) in [4.78, 5) is 48.1. The van der Waals surface area contributed by atoms with Crippen LogP contribution in [-0.2, 0) is 14.3 Å². The lowest BCUT2D eigenvalue weighted by molar-refractivity contribution is -0.137. The molecule has 2 aromatic heterocycles. The number of amides is 2. The molecule has 2 amide bonds. The fourth-order valence-corrected chi connectivity index (χ4v) is 3.80. The molecule has 4 heterocycles. The molecule has 0 aliphatic carbocycles. The molecule has 11 nitrogen and oxygen atoms in total. The number of carbonyl (C=O) groups excluding carboxylic acids is 2. The Balaban J connectivity index is 0.000000913. The summed E-state index contributed by atoms with van der Waals surface area (Å²) in [6.07, 6.45) is 4.82. The minimum Gasteiger partial charge on any atom is -0.483 e. The van der Waals surface area contributed by atoms with Crippen molar-refractivity contribution in [1.82, 2.24) is 19.8 Å². The normalized spacial score (nSPS) is 18.9. The van der Waals surface area contributed by atoms with E-state index in [0.29, 0.717) is 50.8 Å². The number of pyridine rings is 1. The van der Waals surface area contributed by atoms with Crippen LogP contribution in [0.4, 0.5) is 5.69 Å². The summed E-state index contributed by atoms with van der Waals surface area (Å²) in [5, 5.41) is 6.89.